The molecule has 1 saturated heterocycles. The minimum atomic E-state index is 0.0326. The molecule has 1 amide bonds. The van der Waals surface area contributed by atoms with Crippen LogP contribution in [0.5, 0.6) is 0 Å². The first-order valence-corrected chi connectivity index (χ1v) is 9.33. The molecule has 6 nitrogen and oxygen atoms in total. The Labute approximate surface area is 154 Å². The molecule has 0 aliphatic carbocycles. The SMILES string of the molecule is C[C@H]([NH2+]CC(=O)NCc1ccc(C[NH+]2CCOCC2)cc1)c1ccco1. The zero-order valence-corrected chi connectivity index (χ0v) is 15.4. The number of carbonyl (C=O) groups excluding carboxylic acids is 1. The molecule has 0 unspecified atom stereocenters. The van der Waals surface area contributed by atoms with Gasteiger partial charge in [0.15, 0.2) is 12.3 Å². The van der Waals surface area contributed by atoms with E-state index in [1.165, 1.54) is 5.56 Å². The predicted molar refractivity (Wildman–Crippen MR) is 97.4 cm³/mol. The van der Waals surface area contributed by atoms with E-state index < -0.39 is 0 Å². The Kier molecular flexibility index (Phi) is 6.82. The minimum Gasteiger partial charge on any atom is -0.463 e. The Balaban J connectivity index is 1.37. The second-order valence-electron chi connectivity index (χ2n) is 6.88. The molecule has 26 heavy (non-hydrogen) atoms. The standard InChI is InChI=1S/C20H27N3O3/c1-16(19-3-2-10-26-19)21-14-20(24)22-13-17-4-6-18(7-5-17)15-23-8-11-25-12-9-23/h2-7,10,16,21H,8-9,11-15H2,1H3,(H,22,24)/p+2/t16-/m0/s1. The molecule has 1 fully saturated rings. The Morgan fingerprint density at radius 1 is 1.19 bits per heavy atom. The van der Waals surface area contributed by atoms with Gasteiger partial charge in [0.1, 0.15) is 25.7 Å². The maximum Gasteiger partial charge on any atom is 0.275 e. The van der Waals surface area contributed by atoms with Gasteiger partial charge in [0.2, 0.25) is 0 Å². The molecular weight excluding hydrogens is 330 g/mol. The van der Waals surface area contributed by atoms with Crippen LogP contribution in [0.1, 0.15) is 29.9 Å². The molecule has 1 aliphatic rings. The first-order valence-electron chi connectivity index (χ1n) is 9.33. The Bertz CT molecular complexity index is 664. The van der Waals surface area contributed by atoms with Crippen LogP contribution >= 0.6 is 0 Å². The number of nitrogens with one attached hydrogen (secondary N) is 2. The lowest BCUT2D eigenvalue weighted by molar-refractivity contribution is -0.921. The van der Waals surface area contributed by atoms with Crippen LogP contribution < -0.4 is 15.5 Å². The second-order valence-corrected chi connectivity index (χ2v) is 6.88. The lowest BCUT2D eigenvalue weighted by Gasteiger charge is -2.23. The van der Waals surface area contributed by atoms with Crippen molar-refractivity contribution in [2.24, 2.45) is 0 Å². The molecule has 1 atom stereocenters. The molecule has 0 saturated carbocycles. The molecule has 4 N–H and O–H groups in total. The summed E-state index contributed by atoms with van der Waals surface area (Å²) >= 11 is 0. The number of hydrogen-bond acceptors (Lipinski definition) is 3. The first-order chi connectivity index (χ1) is 12.7. The van der Waals surface area contributed by atoms with E-state index in [-0.39, 0.29) is 11.9 Å². The van der Waals surface area contributed by atoms with Crippen molar-refractivity contribution in [2.75, 3.05) is 32.8 Å². The fourth-order valence-corrected chi connectivity index (χ4v) is 3.12. The largest absolute Gasteiger partial charge is 0.463 e. The second kappa shape index (κ2) is 9.52. The lowest BCUT2D eigenvalue weighted by Crippen LogP contribution is -3.12. The van der Waals surface area contributed by atoms with Crippen LogP contribution in [0.4, 0.5) is 0 Å². The average Bonchev–Trinajstić information content (AvgIpc) is 3.21. The fourth-order valence-electron chi connectivity index (χ4n) is 3.12. The number of rotatable bonds is 8. The Morgan fingerprint density at radius 3 is 2.62 bits per heavy atom. The summed E-state index contributed by atoms with van der Waals surface area (Å²) in [6.07, 6.45) is 1.66. The molecule has 1 aromatic heterocycles. The first kappa shape index (κ1) is 18.6. The molecule has 0 bridgehead atoms. The van der Waals surface area contributed by atoms with Gasteiger partial charge < -0.3 is 24.7 Å². The molecule has 0 spiro atoms. The summed E-state index contributed by atoms with van der Waals surface area (Å²) in [7, 11) is 0. The third kappa shape index (κ3) is 5.69. The van der Waals surface area contributed by atoms with Crippen LogP contribution in [0.15, 0.2) is 47.1 Å². The van der Waals surface area contributed by atoms with Crippen LogP contribution in [-0.2, 0) is 22.6 Å². The predicted octanol–water partition coefficient (Wildman–Crippen LogP) is -0.364. The van der Waals surface area contributed by atoms with E-state index in [9.17, 15) is 4.79 Å². The number of amides is 1. The van der Waals surface area contributed by atoms with Gasteiger partial charge in [0.05, 0.1) is 19.5 Å². The quantitative estimate of drug-likeness (QED) is 0.603. The van der Waals surface area contributed by atoms with Crippen molar-refractivity contribution in [3.8, 4) is 0 Å². The average molecular weight is 359 g/mol. The van der Waals surface area contributed by atoms with Crippen molar-refractivity contribution in [2.45, 2.75) is 26.1 Å². The Hall–Kier alpha value is -2.15. The number of quaternary nitrogens is 2. The zero-order valence-electron chi connectivity index (χ0n) is 15.4. The molecule has 1 aromatic carbocycles. The van der Waals surface area contributed by atoms with E-state index in [0.29, 0.717) is 13.1 Å². The summed E-state index contributed by atoms with van der Waals surface area (Å²) in [5.74, 6) is 0.918. The van der Waals surface area contributed by atoms with Gasteiger partial charge in [-0.15, -0.1) is 0 Å². The Morgan fingerprint density at radius 2 is 1.92 bits per heavy atom. The monoisotopic (exact) mass is 359 g/mol. The van der Waals surface area contributed by atoms with Gasteiger partial charge in [0.25, 0.3) is 5.91 Å². The number of furan rings is 1. The molecule has 0 radical (unpaired) electrons. The lowest BCUT2D eigenvalue weighted by atomic mass is 10.1. The number of carbonyl (C=O) groups is 1. The molecule has 2 aromatic rings. The van der Waals surface area contributed by atoms with Crippen LogP contribution in [0.2, 0.25) is 0 Å². The third-order valence-corrected chi connectivity index (χ3v) is 4.82. The number of morpholine rings is 1. The summed E-state index contributed by atoms with van der Waals surface area (Å²) in [6, 6.07) is 12.5. The van der Waals surface area contributed by atoms with E-state index in [1.807, 2.05) is 24.4 Å². The van der Waals surface area contributed by atoms with Gasteiger partial charge in [-0.3, -0.25) is 4.79 Å². The summed E-state index contributed by atoms with van der Waals surface area (Å²) in [5, 5.41) is 4.95. The molecule has 1 aliphatic heterocycles. The minimum absolute atomic E-state index is 0.0326. The van der Waals surface area contributed by atoms with Crippen molar-refractivity contribution < 1.29 is 24.2 Å². The normalized spacial score (nSPS) is 16.3. The van der Waals surface area contributed by atoms with Gasteiger partial charge >= 0.3 is 0 Å². The van der Waals surface area contributed by atoms with E-state index >= 15 is 0 Å². The highest BCUT2D eigenvalue weighted by Crippen LogP contribution is 2.07. The maximum absolute atomic E-state index is 12.0. The fraction of sp³-hybridized carbons (Fsp3) is 0.450. The maximum atomic E-state index is 12.0. The van der Waals surface area contributed by atoms with Gasteiger partial charge in [0, 0.05) is 12.1 Å². The number of hydrogen-bond donors (Lipinski definition) is 3. The highest BCUT2D eigenvalue weighted by atomic mass is 16.5. The number of benzene rings is 1. The van der Waals surface area contributed by atoms with E-state index in [0.717, 1.165) is 44.2 Å². The van der Waals surface area contributed by atoms with Crippen LogP contribution in [0.3, 0.4) is 0 Å². The molecule has 2 heterocycles. The summed E-state index contributed by atoms with van der Waals surface area (Å²) in [5.41, 5.74) is 2.45. The molecule has 3 rings (SSSR count). The van der Waals surface area contributed by atoms with Crippen molar-refractivity contribution in [1.82, 2.24) is 5.32 Å². The summed E-state index contributed by atoms with van der Waals surface area (Å²) in [4.78, 5) is 13.6. The summed E-state index contributed by atoms with van der Waals surface area (Å²) < 4.78 is 10.7. The van der Waals surface area contributed by atoms with E-state index in [1.54, 1.807) is 11.2 Å². The molecule has 6 heteroatoms. The number of nitrogens with two attached hydrogens (primary N) is 1. The molecular formula is C20H29N3O3+2. The van der Waals surface area contributed by atoms with Gasteiger partial charge in [-0.05, 0) is 24.6 Å². The smallest absolute Gasteiger partial charge is 0.275 e. The molecule has 140 valence electrons. The van der Waals surface area contributed by atoms with Crippen molar-refractivity contribution in [3.05, 3.63) is 59.5 Å². The third-order valence-electron chi connectivity index (χ3n) is 4.82. The number of ether oxygens (including phenoxy) is 1. The highest BCUT2D eigenvalue weighted by molar-refractivity contribution is 5.76. The van der Waals surface area contributed by atoms with Crippen molar-refractivity contribution >= 4 is 5.91 Å². The van der Waals surface area contributed by atoms with Crippen LogP contribution in [0.25, 0.3) is 0 Å². The van der Waals surface area contributed by atoms with Crippen molar-refractivity contribution in [1.29, 1.82) is 0 Å². The highest BCUT2D eigenvalue weighted by Gasteiger charge is 2.15. The summed E-state index contributed by atoms with van der Waals surface area (Å²) in [6.45, 7) is 7.88. The zero-order chi connectivity index (χ0) is 18.2. The van der Waals surface area contributed by atoms with E-state index in [2.05, 4.69) is 29.6 Å². The van der Waals surface area contributed by atoms with Crippen LogP contribution in [0, 0.1) is 0 Å². The van der Waals surface area contributed by atoms with Gasteiger partial charge in [-0.2, -0.15) is 0 Å². The van der Waals surface area contributed by atoms with E-state index in [4.69, 9.17) is 9.15 Å². The van der Waals surface area contributed by atoms with Crippen LogP contribution in [-0.4, -0.2) is 38.8 Å². The van der Waals surface area contributed by atoms with Gasteiger partial charge in [-0.25, -0.2) is 0 Å². The van der Waals surface area contributed by atoms with Crippen molar-refractivity contribution in [3.63, 3.8) is 0 Å². The van der Waals surface area contributed by atoms with Gasteiger partial charge in [-0.1, -0.05) is 24.3 Å². The topological polar surface area (TPSA) is 72.5 Å².